The summed E-state index contributed by atoms with van der Waals surface area (Å²) in [4.78, 5) is 0. The summed E-state index contributed by atoms with van der Waals surface area (Å²) in [6.45, 7) is 3.78. The zero-order valence-corrected chi connectivity index (χ0v) is 4.86. The predicted molar refractivity (Wildman–Crippen MR) is 29.8 cm³/mol. The van der Waals surface area contributed by atoms with Gasteiger partial charge in [0.05, 0.1) is 0 Å². The molecular weight excluding hydrogens is 88.1 g/mol. The van der Waals surface area contributed by atoms with Gasteiger partial charge < -0.3 is 0 Å². The van der Waals surface area contributed by atoms with Crippen molar-refractivity contribution in [2.24, 2.45) is 0 Å². The summed E-state index contributed by atoms with van der Waals surface area (Å²) < 4.78 is 0. The summed E-state index contributed by atoms with van der Waals surface area (Å²) in [5.74, 6) is 0. The second-order valence-corrected chi connectivity index (χ2v) is 1.56. The second kappa shape index (κ2) is 2.50. The Hall–Kier alpha value is -0.660. The molecule has 0 atom stereocenters. The van der Waals surface area contributed by atoms with E-state index in [9.17, 15) is 0 Å². The van der Waals surface area contributed by atoms with Crippen LogP contribution < -0.4 is 10.8 Å². The minimum Gasteiger partial charge on any atom is -0.253 e. The molecule has 0 amide bonds. The first kappa shape index (κ1) is 6.34. The fourth-order valence-corrected chi connectivity index (χ4v) is 0.279. The Morgan fingerprint density at radius 2 is 1.86 bits per heavy atom. The van der Waals surface area contributed by atoms with E-state index in [2.05, 4.69) is 0 Å². The predicted octanol–water partition coefficient (Wildman–Crippen LogP) is -2.18. The monoisotopic (exact) mass is 100 g/mol. The maximum Gasteiger partial charge on any atom is 0.238 e. The summed E-state index contributed by atoms with van der Waals surface area (Å²) in [5.41, 5.74) is 1.53. The molecule has 0 heterocycles. The summed E-state index contributed by atoms with van der Waals surface area (Å²) in [6.07, 6.45) is 0.850. The van der Waals surface area contributed by atoms with Gasteiger partial charge in [-0.15, -0.1) is 0 Å². The van der Waals surface area contributed by atoms with Gasteiger partial charge in [0.1, 0.15) is 0 Å². The van der Waals surface area contributed by atoms with Crippen molar-refractivity contribution in [3.05, 3.63) is 0 Å². The highest BCUT2D eigenvalue weighted by Gasteiger charge is 2.04. The maximum absolute atomic E-state index is 5.37. The van der Waals surface area contributed by atoms with Gasteiger partial charge in [0, 0.05) is 13.3 Å². The van der Waals surface area contributed by atoms with E-state index in [1.807, 2.05) is 6.92 Å². The van der Waals surface area contributed by atoms with Gasteiger partial charge in [-0.05, 0) is 0 Å². The minimum absolute atomic E-state index is 0.738. The van der Waals surface area contributed by atoms with Crippen LogP contribution in [0.4, 0.5) is 0 Å². The minimum atomic E-state index is 0.738. The van der Waals surface area contributed by atoms with Crippen LogP contribution in [0.3, 0.4) is 0 Å². The highest BCUT2D eigenvalue weighted by atomic mass is 14.5. The first-order chi connectivity index (χ1) is 3.18. The molecule has 0 unspecified atom stereocenters. The molecule has 0 rings (SSSR count). The molecule has 2 nitrogen and oxygen atoms in total. The molecule has 0 aromatic carbocycles. The lowest BCUT2D eigenvalue weighted by Gasteiger charge is -1.78. The molecule has 40 valence electrons. The first-order valence-electron chi connectivity index (χ1n) is 2.39. The molecule has 0 radical (unpaired) electrons. The number of hydrogen-bond acceptors (Lipinski definition) is 0. The Morgan fingerprint density at radius 1 is 1.43 bits per heavy atom. The Labute approximate surface area is 43.6 Å². The highest BCUT2D eigenvalue weighted by molar-refractivity contribution is 6.36. The molecule has 0 aliphatic carbocycles. The van der Waals surface area contributed by atoms with E-state index in [1.54, 1.807) is 6.92 Å². The normalized spacial score (nSPS) is 8.29. The van der Waals surface area contributed by atoms with E-state index in [0.717, 1.165) is 17.8 Å². The molecule has 0 bridgehead atoms. The molecule has 0 spiro atoms. The van der Waals surface area contributed by atoms with E-state index in [1.165, 1.54) is 0 Å². The van der Waals surface area contributed by atoms with Crippen molar-refractivity contribution in [3.8, 4) is 0 Å². The maximum atomic E-state index is 5.37. The SMILES string of the molecule is CCC(=[NH2+])C(C)=[NH2+]. The van der Waals surface area contributed by atoms with Crippen LogP contribution in [0.2, 0.25) is 0 Å². The largest absolute Gasteiger partial charge is 0.253 e. The third-order valence-electron chi connectivity index (χ3n) is 0.887. The fraction of sp³-hybridized carbons (Fsp3) is 0.600. The third kappa shape index (κ3) is 2.09. The van der Waals surface area contributed by atoms with Crippen molar-refractivity contribution in [1.29, 1.82) is 0 Å². The second-order valence-electron chi connectivity index (χ2n) is 1.56. The van der Waals surface area contributed by atoms with Crippen LogP contribution in [0.15, 0.2) is 0 Å². The molecule has 0 aliphatic rings. The van der Waals surface area contributed by atoms with Crippen LogP contribution in [0, 0.1) is 0 Å². The quantitative estimate of drug-likeness (QED) is 0.371. The van der Waals surface area contributed by atoms with Gasteiger partial charge in [-0.1, -0.05) is 6.92 Å². The number of rotatable bonds is 2. The van der Waals surface area contributed by atoms with Gasteiger partial charge in [0.2, 0.25) is 11.4 Å². The van der Waals surface area contributed by atoms with Crippen LogP contribution in [0.5, 0.6) is 0 Å². The van der Waals surface area contributed by atoms with Crippen molar-refractivity contribution in [3.63, 3.8) is 0 Å². The summed E-state index contributed by atoms with van der Waals surface area (Å²) in [7, 11) is 0. The molecular formula is C5H12N2+2. The van der Waals surface area contributed by atoms with Gasteiger partial charge in [-0.2, -0.15) is 0 Å². The molecule has 0 fully saturated rings. The zero-order valence-electron chi connectivity index (χ0n) is 4.86. The Morgan fingerprint density at radius 3 is 1.86 bits per heavy atom. The molecule has 2 heteroatoms. The van der Waals surface area contributed by atoms with Crippen molar-refractivity contribution >= 4 is 11.4 Å². The average Bonchev–Trinajstić information content (AvgIpc) is 1.65. The summed E-state index contributed by atoms with van der Waals surface area (Å²) in [5, 5.41) is 10.7. The van der Waals surface area contributed by atoms with E-state index in [4.69, 9.17) is 10.8 Å². The topological polar surface area (TPSA) is 51.2 Å². The van der Waals surface area contributed by atoms with Crippen LogP contribution in [-0.2, 0) is 0 Å². The van der Waals surface area contributed by atoms with Crippen molar-refractivity contribution in [2.45, 2.75) is 20.3 Å². The fourth-order valence-electron chi connectivity index (χ4n) is 0.279. The molecule has 0 saturated carbocycles. The Bertz CT molecular complexity index is 94.3. The number of nitrogens with two attached hydrogens (primary N) is 2. The van der Waals surface area contributed by atoms with E-state index in [0.29, 0.717) is 0 Å². The lowest BCUT2D eigenvalue weighted by atomic mass is 10.2. The lowest BCUT2D eigenvalue weighted by molar-refractivity contribution is -0.135. The molecule has 0 aliphatic heterocycles. The van der Waals surface area contributed by atoms with Crippen molar-refractivity contribution in [2.75, 3.05) is 0 Å². The van der Waals surface area contributed by atoms with Gasteiger partial charge in [0.25, 0.3) is 0 Å². The summed E-state index contributed by atoms with van der Waals surface area (Å²) in [6, 6.07) is 0. The standard InChI is InChI=1S/C5H10N2/c1-3-5(7)4(2)6/h6-7H,3H2,1-2H3/p+2. The molecule has 4 N–H and O–H groups in total. The highest BCUT2D eigenvalue weighted by Crippen LogP contribution is 1.73. The molecule has 7 heavy (non-hydrogen) atoms. The first-order valence-corrected chi connectivity index (χ1v) is 2.39. The average molecular weight is 100 g/mol. The van der Waals surface area contributed by atoms with Crippen LogP contribution in [0.25, 0.3) is 0 Å². The molecule has 0 aromatic heterocycles. The van der Waals surface area contributed by atoms with Gasteiger partial charge in [-0.25, -0.2) is 0 Å². The van der Waals surface area contributed by atoms with Gasteiger partial charge in [-0.3, -0.25) is 10.8 Å². The van der Waals surface area contributed by atoms with Crippen LogP contribution in [0.1, 0.15) is 20.3 Å². The van der Waals surface area contributed by atoms with E-state index < -0.39 is 0 Å². The van der Waals surface area contributed by atoms with Gasteiger partial charge in [0.15, 0.2) is 0 Å². The number of hydrogen-bond donors (Lipinski definition) is 2. The van der Waals surface area contributed by atoms with E-state index >= 15 is 0 Å². The van der Waals surface area contributed by atoms with E-state index in [-0.39, 0.29) is 0 Å². The van der Waals surface area contributed by atoms with Crippen LogP contribution in [-0.4, -0.2) is 11.4 Å². The third-order valence-corrected chi connectivity index (χ3v) is 0.887. The Balaban J connectivity index is 3.58. The lowest BCUT2D eigenvalue weighted by Crippen LogP contribution is -2.54. The van der Waals surface area contributed by atoms with Crippen molar-refractivity contribution < 1.29 is 10.8 Å². The molecule has 0 saturated heterocycles. The smallest absolute Gasteiger partial charge is 0.238 e. The van der Waals surface area contributed by atoms with Crippen molar-refractivity contribution in [1.82, 2.24) is 0 Å². The summed E-state index contributed by atoms with van der Waals surface area (Å²) >= 11 is 0. The zero-order chi connectivity index (χ0) is 5.86. The Kier molecular flexibility index (Phi) is 2.27. The van der Waals surface area contributed by atoms with Crippen LogP contribution >= 0.6 is 0 Å². The van der Waals surface area contributed by atoms with Gasteiger partial charge >= 0.3 is 0 Å². The molecule has 0 aromatic rings.